The summed E-state index contributed by atoms with van der Waals surface area (Å²) in [5.74, 6) is -1.07. The van der Waals surface area contributed by atoms with E-state index >= 15 is 0 Å². The standard InChI is InChI=1S/C14H15F2NS/c1-9-3-4-14(18-9)10(2)17-8-11-5-12(15)7-13(16)6-11/h3-7,10,17H,8H2,1-2H3. The predicted octanol–water partition coefficient (Wildman–Crippen LogP) is 4.19. The maximum atomic E-state index is 13.0. The Labute approximate surface area is 109 Å². The van der Waals surface area contributed by atoms with Crippen LogP contribution in [0.2, 0.25) is 0 Å². The van der Waals surface area contributed by atoms with E-state index in [0.717, 1.165) is 6.07 Å². The molecule has 1 N–H and O–H groups in total. The highest BCUT2D eigenvalue weighted by Crippen LogP contribution is 2.22. The lowest BCUT2D eigenvalue weighted by molar-refractivity contribution is 0.558. The zero-order chi connectivity index (χ0) is 13.1. The van der Waals surface area contributed by atoms with Crippen LogP contribution in [0.1, 0.15) is 28.3 Å². The van der Waals surface area contributed by atoms with E-state index in [4.69, 9.17) is 0 Å². The summed E-state index contributed by atoms with van der Waals surface area (Å²) in [6.45, 7) is 4.55. The first kappa shape index (κ1) is 13.2. The van der Waals surface area contributed by atoms with Gasteiger partial charge in [0, 0.05) is 28.4 Å². The van der Waals surface area contributed by atoms with Gasteiger partial charge in [0.1, 0.15) is 11.6 Å². The summed E-state index contributed by atoms with van der Waals surface area (Å²) >= 11 is 1.73. The zero-order valence-electron chi connectivity index (χ0n) is 10.3. The van der Waals surface area contributed by atoms with Crippen LogP contribution in [0.15, 0.2) is 30.3 Å². The molecule has 0 saturated heterocycles. The van der Waals surface area contributed by atoms with Crippen molar-refractivity contribution >= 4 is 11.3 Å². The maximum absolute atomic E-state index is 13.0. The fourth-order valence-electron chi connectivity index (χ4n) is 1.77. The van der Waals surface area contributed by atoms with Crippen LogP contribution < -0.4 is 5.32 Å². The summed E-state index contributed by atoms with van der Waals surface area (Å²) < 4.78 is 26.0. The molecule has 4 heteroatoms. The molecule has 0 aliphatic rings. The molecule has 2 aromatic rings. The minimum atomic E-state index is -0.536. The van der Waals surface area contributed by atoms with Gasteiger partial charge in [0.05, 0.1) is 0 Å². The monoisotopic (exact) mass is 267 g/mol. The molecule has 0 fully saturated rings. The first-order valence-corrected chi connectivity index (χ1v) is 6.61. The van der Waals surface area contributed by atoms with Crippen molar-refractivity contribution in [2.24, 2.45) is 0 Å². The number of thiophene rings is 1. The highest BCUT2D eigenvalue weighted by atomic mass is 32.1. The van der Waals surface area contributed by atoms with E-state index in [-0.39, 0.29) is 6.04 Å². The van der Waals surface area contributed by atoms with Gasteiger partial charge in [-0.05, 0) is 43.7 Å². The molecule has 0 saturated carbocycles. The highest BCUT2D eigenvalue weighted by molar-refractivity contribution is 7.12. The smallest absolute Gasteiger partial charge is 0.126 e. The number of nitrogens with one attached hydrogen (secondary N) is 1. The summed E-state index contributed by atoms with van der Waals surface area (Å²) in [5.41, 5.74) is 0.618. The van der Waals surface area contributed by atoms with Crippen LogP contribution in [0.5, 0.6) is 0 Å². The molecule has 1 nitrogen and oxygen atoms in total. The third kappa shape index (κ3) is 3.37. The minimum absolute atomic E-state index is 0.176. The molecule has 2 rings (SSSR count). The molecule has 96 valence electrons. The topological polar surface area (TPSA) is 12.0 Å². The Hall–Kier alpha value is -1.26. The Balaban J connectivity index is 1.99. The largest absolute Gasteiger partial charge is 0.305 e. The lowest BCUT2D eigenvalue weighted by Gasteiger charge is -2.12. The molecular weight excluding hydrogens is 252 g/mol. The van der Waals surface area contributed by atoms with Gasteiger partial charge in [0.2, 0.25) is 0 Å². The lowest BCUT2D eigenvalue weighted by Crippen LogP contribution is -2.17. The van der Waals surface area contributed by atoms with E-state index < -0.39 is 11.6 Å². The molecule has 18 heavy (non-hydrogen) atoms. The Morgan fingerprint density at radius 3 is 2.39 bits per heavy atom. The van der Waals surface area contributed by atoms with E-state index in [1.165, 1.54) is 21.9 Å². The molecule has 1 aromatic heterocycles. The minimum Gasteiger partial charge on any atom is -0.305 e. The maximum Gasteiger partial charge on any atom is 0.126 e. The molecule has 1 heterocycles. The average Bonchev–Trinajstić information content (AvgIpc) is 2.71. The van der Waals surface area contributed by atoms with Crippen LogP contribution in [0.25, 0.3) is 0 Å². The molecule has 0 aliphatic heterocycles. The Morgan fingerprint density at radius 2 is 1.83 bits per heavy atom. The Morgan fingerprint density at radius 1 is 1.17 bits per heavy atom. The molecule has 1 atom stereocenters. The molecule has 0 radical (unpaired) electrons. The molecular formula is C14H15F2NS. The van der Waals surface area contributed by atoms with E-state index in [1.54, 1.807) is 11.3 Å². The Kier molecular flexibility index (Phi) is 4.09. The fraction of sp³-hybridized carbons (Fsp3) is 0.286. The van der Waals surface area contributed by atoms with Crippen molar-refractivity contribution in [2.75, 3.05) is 0 Å². The van der Waals surface area contributed by atoms with Crippen LogP contribution >= 0.6 is 11.3 Å². The van der Waals surface area contributed by atoms with Crippen molar-refractivity contribution in [3.05, 3.63) is 57.3 Å². The van der Waals surface area contributed by atoms with Crippen LogP contribution in [0.4, 0.5) is 8.78 Å². The van der Waals surface area contributed by atoms with Crippen LogP contribution in [-0.2, 0) is 6.54 Å². The summed E-state index contributed by atoms with van der Waals surface area (Å²) in [6.07, 6.45) is 0. The van der Waals surface area contributed by atoms with Crippen molar-refractivity contribution in [2.45, 2.75) is 26.4 Å². The SMILES string of the molecule is Cc1ccc(C(C)NCc2cc(F)cc(F)c2)s1. The van der Waals surface area contributed by atoms with Crippen molar-refractivity contribution in [3.63, 3.8) is 0 Å². The van der Waals surface area contributed by atoms with Crippen LogP contribution in [-0.4, -0.2) is 0 Å². The van der Waals surface area contributed by atoms with Gasteiger partial charge in [-0.15, -0.1) is 11.3 Å². The number of halogens is 2. The Bertz CT molecular complexity index is 516. The lowest BCUT2D eigenvalue weighted by atomic mass is 10.2. The van der Waals surface area contributed by atoms with E-state index in [2.05, 4.69) is 24.4 Å². The third-order valence-corrected chi connectivity index (χ3v) is 3.91. The van der Waals surface area contributed by atoms with Gasteiger partial charge >= 0.3 is 0 Å². The normalized spacial score (nSPS) is 12.7. The van der Waals surface area contributed by atoms with Gasteiger partial charge in [-0.3, -0.25) is 0 Å². The summed E-state index contributed by atoms with van der Waals surface area (Å²) in [6, 6.07) is 7.90. The fourth-order valence-corrected chi connectivity index (χ4v) is 2.67. The summed E-state index contributed by atoms with van der Waals surface area (Å²) in [5, 5.41) is 3.26. The first-order chi connectivity index (χ1) is 8.54. The third-order valence-electron chi connectivity index (χ3n) is 2.72. The second-order valence-corrected chi connectivity index (χ2v) is 5.65. The number of hydrogen-bond donors (Lipinski definition) is 1. The van der Waals surface area contributed by atoms with E-state index in [9.17, 15) is 8.78 Å². The van der Waals surface area contributed by atoms with Gasteiger partial charge in [0.25, 0.3) is 0 Å². The summed E-state index contributed by atoms with van der Waals surface area (Å²) in [7, 11) is 0. The van der Waals surface area contributed by atoms with Crippen molar-refractivity contribution < 1.29 is 8.78 Å². The second-order valence-electron chi connectivity index (χ2n) is 4.33. The number of hydrogen-bond acceptors (Lipinski definition) is 2. The van der Waals surface area contributed by atoms with Gasteiger partial charge in [0.15, 0.2) is 0 Å². The van der Waals surface area contributed by atoms with Gasteiger partial charge in [-0.2, -0.15) is 0 Å². The number of benzene rings is 1. The van der Waals surface area contributed by atoms with Crippen molar-refractivity contribution in [3.8, 4) is 0 Å². The number of rotatable bonds is 4. The zero-order valence-corrected chi connectivity index (χ0v) is 11.2. The molecule has 0 amide bonds. The van der Waals surface area contributed by atoms with Gasteiger partial charge in [-0.25, -0.2) is 8.78 Å². The van der Waals surface area contributed by atoms with Crippen molar-refractivity contribution in [1.29, 1.82) is 0 Å². The van der Waals surface area contributed by atoms with Crippen LogP contribution in [0.3, 0.4) is 0 Å². The molecule has 0 aliphatic carbocycles. The molecule has 0 bridgehead atoms. The summed E-state index contributed by atoms with van der Waals surface area (Å²) in [4.78, 5) is 2.49. The molecule has 1 unspecified atom stereocenters. The molecule has 0 spiro atoms. The van der Waals surface area contributed by atoms with E-state index in [1.807, 2.05) is 6.92 Å². The van der Waals surface area contributed by atoms with Gasteiger partial charge < -0.3 is 5.32 Å². The quantitative estimate of drug-likeness (QED) is 0.876. The number of aryl methyl sites for hydroxylation is 1. The first-order valence-electron chi connectivity index (χ1n) is 5.79. The second kappa shape index (κ2) is 5.59. The van der Waals surface area contributed by atoms with E-state index in [0.29, 0.717) is 12.1 Å². The highest BCUT2D eigenvalue weighted by Gasteiger charge is 2.08. The van der Waals surface area contributed by atoms with Crippen LogP contribution in [0, 0.1) is 18.6 Å². The van der Waals surface area contributed by atoms with Gasteiger partial charge in [-0.1, -0.05) is 0 Å². The average molecular weight is 267 g/mol. The van der Waals surface area contributed by atoms with Crippen molar-refractivity contribution in [1.82, 2.24) is 5.32 Å². The predicted molar refractivity (Wildman–Crippen MR) is 70.7 cm³/mol. The molecule has 1 aromatic carbocycles.